The molecule has 0 unspecified atom stereocenters. The van der Waals surface area contributed by atoms with Crippen molar-refractivity contribution in [2.45, 2.75) is 24.4 Å². The number of fused-ring (bicyclic) bond motifs is 1. The molecule has 0 spiro atoms. The Morgan fingerprint density at radius 1 is 1.11 bits per heavy atom. The molecule has 1 amide bonds. The van der Waals surface area contributed by atoms with Gasteiger partial charge in [-0.3, -0.25) is 4.79 Å². The van der Waals surface area contributed by atoms with E-state index < -0.39 is 0 Å². The van der Waals surface area contributed by atoms with Crippen molar-refractivity contribution in [2.24, 2.45) is 7.05 Å². The van der Waals surface area contributed by atoms with Crippen LogP contribution in [0.2, 0.25) is 0 Å². The summed E-state index contributed by atoms with van der Waals surface area (Å²) in [5.74, 6) is 0.374. The first-order valence-corrected chi connectivity index (χ1v) is 10.4. The molecule has 1 aliphatic rings. The van der Waals surface area contributed by atoms with Gasteiger partial charge in [-0.25, -0.2) is 9.55 Å². The van der Waals surface area contributed by atoms with Crippen molar-refractivity contribution in [1.82, 2.24) is 4.98 Å². The average molecular weight is 382 g/mol. The van der Waals surface area contributed by atoms with Gasteiger partial charge in [0.2, 0.25) is 5.91 Å². The largest absolute Gasteiger partial charge is 0.372 e. The first-order chi connectivity index (χ1) is 13.2. The van der Waals surface area contributed by atoms with E-state index in [1.807, 2.05) is 37.4 Å². The summed E-state index contributed by atoms with van der Waals surface area (Å²) in [6.07, 6.45) is 3.86. The number of aromatic nitrogens is 2. The van der Waals surface area contributed by atoms with E-state index in [4.69, 9.17) is 0 Å². The number of carbonyl (C=O) groups excluding carboxylic acids is 1. The number of carbonyl (C=O) groups is 1. The highest BCUT2D eigenvalue weighted by Crippen LogP contribution is 2.22. The van der Waals surface area contributed by atoms with Gasteiger partial charge in [0.15, 0.2) is 11.0 Å². The highest BCUT2D eigenvalue weighted by molar-refractivity contribution is 7.99. The number of anilines is 2. The zero-order valence-corrected chi connectivity index (χ0v) is 16.4. The lowest BCUT2D eigenvalue weighted by Crippen LogP contribution is -2.29. The number of aromatic amines is 1. The first-order valence-electron chi connectivity index (χ1n) is 9.45. The molecule has 6 heteroatoms. The molecule has 5 nitrogen and oxygen atoms in total. The fraction of sp³-hybridized carbons (Fsp3) is 0.333. The van der Waals surface area contributed by atoms with E-state index in [2.05, 4.69) is 38.0 Å². The minimum Gasteiger partial charge on any atom is -0.372 e. The second-order valence-electron chi connectivity index (χ2n) is 6.94. The first kappa shape index (κ1) is 17.9. The van der Waals surface area contributed by atoms with E-state index in [1.165, 1.54) is 36.7 Å². The lowest BCUT2D eigenvalue weighted by molar-refractivity contribution is -0.683. The van der Waals surface area contributed by atoms with Crippen LogP contribution in [0.1, 0.15) is 19.3 Å². The minimum absolute atomic E-state index is 0.00405. The van der Waals surface area contributed by atoms with Gasteiger partial charge in [0.1, 0.15) is 0 Å². The standard InChI is InChI=1S/C21H24N4OS/c1-24-19-8-4-3-7-18(19)23-21(24)27-15-20(26)22-16-9-11-17(12-10-16)25-13-5-2-6-14-25/h3-4,7-12H,2,5-6,13-15H2,1H3,(H,22,26)/p+1. The Bertz CT molecular complexity index is 929. The number of imidazole rings is 1. The van der Waals surface area contributed by atoms with Crippen molar-refractivity contribution in [1.29, 1.82) is 0 Å². The van der Waals surface area contributed by atoms with Gasteiger partial charge in [-0.2, -0.15) is 0 Å². The molecular formula is C21H25N4OS+. The Hall–Kier alpha value is -2.47. The van der Waals surface area contributed by atoms with E-state index in [9.17, 15) is 4.79 Å². The summed E-state index contributed by atoms with van der Waals surface area (Å²) in [5.41, 5.74) is 4.31. The molecule has 140 valence electrons. The monoisotopic (exact) mass is 381 g/mol. The van der Waals surface area contributed by atoms with E-state index in [1.54, 1.807) is 0 Å². The van der Waals surface area contributed by atoms with Crippen LogP contribution < -0.4 is 14.8 Å². The average Bonchev–Trinajstić information content (AvgIpc) is 3.04. The molecule has 2 N–H and O–H groups in total. The summed E-state index contributed by atoms with van der Waals surface area (Å²) in [6, 6.07) is 16.3. The topological polar surface area (TPSA) is 52.0 Å². The molecule has 0 bridgehead atoms. The van der Waals surface area contributed by atoms with Crippen LogP contribution >= 0.6 is 11.8 Å². The van der Waals surface area contributed by atoms with Crippen molar-refractivity contribution in [3.05, 3.63) is 48.5 Å². The molecule has 1 aliphatic heterocycles. The van der Waals surface area contributed by atoms with Crippen LogP contribution in [-0.4, -0.2) is 29.7 Å². The number of benzene rings is 2. The van der Waals surface area contributed by atoms with Crippen LogP contribution in [0.5, 0.6) is 0 Å². The van der Waals surface area contributed by atoms with E-state index in [0.717, 1.165) is 35.0 Å². The van der Waals surface area contributed by atoms with Crippen LogP contribution in [0.4, 0.5) is 11.4 Å². The summed E-state index contributed by atoms with van der Waals surface area (Å²) < 4.78 is 2.08. The fourth-order valence-electron chi connectivity index (χ4n) is 3.55. The third-order valence-corrected chi connectivity index (χ3v) is 6.08. The molecule has 0 aliphatic carbocycles. The Kier molecular flexibility index (Phi) is 5.34. The molecule has 1 saturated heterocycles. The Labute approximate surface area is 163 Å². The van der Waals surface area contributed by atoms with Crippen LogP contribution in [-0.2, 0) is 11.8 Å². The molecule has 1 fully saturated rings. The zero-order valence-electron chi connectivity index (χ0n) is 15.6. The number of rotatable bonds is 5. The van der Waals surface area contributed by atoms with Gasteiger partial charge in [-0.15, -0.1) is 0 Å². The van der Waals surface area contributed by atoms with Crippen molar-refractivity contribution in [3.63, 3.8) is 0 Å². The number of piperidine rings is 1. The predicted octanol–water partition coefficient (Wildman–Crippen LogP) is 3.71. The second kappa shape index (κ2) is 8.05. The quantitative estimate of drug-likeness (QED) is 0.523. The smallest absolute Gasteiger partial charge is 0.317 e. The van der Waals surface area contributed by atoms with E-state index in [0.29, 0.717) is 5.75 Å². The lowest BCUT2D eigenvalue weighted by atomic mass is 10.1. The van der Waals surface area contributed by atoms with Gasteiger partial charge in [0, 0.05) is 24.5 Å². The number of nitrogens with zero attached hydrogens (tertiary/aromatic N) is 2. The number of thioether (sulfide) groups is 1. The van der Waals surface area contributed by atoms with E-state index in [-0.39, 0.29) is 5.91 Å². The molecule has 0 saturated carbocycles. The Balaban J connectivity index is 1.34. The molecule has 27 heavy (non-hydrogen) atoms. The van der Waals surface area contributed by atoms with Gasteiger partial charge in [0.25, 0.3) is 0 Å². The van der Waals surface area contributed by atoms with Crippen LogP contribution in [0.3, 0.4) is 0 Å². The van der Waals surface area contributed by atoms with Crippen LogP contribution in [0.25, 0.3) is 11.0 Å². The maximum absolute atomic E-state index is 12.3. The van der Waals surface area contributed by atoms with Gasteiger partial charge in [-0.05, 0) is 67.4 Å². The number of para-hydroxylation sites is 2. The lowest BCUT2D eigenvalue weighted by Gasteiger charge is -2.28. The van der Waals surface area contributed by atoms with Crippen molar-refractivity contribution < 1.29 is 9.36 Å². The number of aryl methyl sites for hydroxylation is 1. The Morgan fingerprint density at radius 3 is 2.59 bits per heavy atom. The molecular weight excluding hydrogens is 356 g/mol. The summed E-state index contributed by atoms with van der Waals surface area (Å²) in [6.45, 7) is 2.26. The number of nitrogens with one attached hydrogen (secondary N) is 2. The molecule has 0 radical (unpaired) electrons. The predicted molar refractivity (Wildman–Crippen MR) is 111 cm³/mol. The molecule has 2 heterocycles. The molecule has 1 aromatic heterocycles. The third kappa shape index (κ3) is 4.11. The maximum atomic E-state index is 12.3. The normalized spacial score (nSPS) is 14.5. The number of hydrogen-bond donors (Lipinski definition) is 2. The summed E-state index contributed by atoms with van der Waals surface area (Å²) >= 11 is 1.51. The summed E-state index contributed by atoms with van der Waals surface area (Å²) in [4.78, 5) is 18.1. The highest BCUT2D eigenvalue weighted by atomic mass is 32.2. The SMILES string of the molecule is C[n+]1c(SCC(=O)Nc2ccc(N3CCCCC3)cc2)[nH]c2ccccc21. The second-order valence-corrected chi connectivity index (χ2v) is 7.90. The molecule has 0 atom stereocenters. The van der Waals surface area contributed by atoms with Crippen LogP contribution in [0, 0.1) is 0 Å². The fourth-order valence-corrected chi connectivity index (χ4v) is 4.37. The van der Waals surface area contributed by atoms with Crippen molar-refractivity contribution in [3.8, 4) is 0 Å². The van der Waals surface area contributed by atoms with Crippen molar-refractivity contribution in [2.75, 3.05) is 29.1 Å². The minimum atomic E-state index is 0.00405. The maximum Gasteiger partial charge on any atom is 0.317 e. The van der Waals surface area contributed by atoms with Gasteiger partial charge < -0.3 is 10.2 Å². The number of H-pyrrole nitrogens is 1. The number of hydrogen-bond acceptors (Lipinski definition) is 3. The third-order valence-electron chi connectivity index (χ3n) is 5.02. The van der Waals surface area contributed by atoms with Gasteiger partial charge in [-0.1, -0.05) is 12.1 Å². The summed E-state index contributed by atoms with van der Waals surface area (Å²) in [5, 5.41) is 3.97. The van der Waals surface area contributed by atoms with Crippen LogP contribution in [0.15, 0.2) is 53.7 Å². The molecule has 3 aromatic rings. The molecule has 4 rings (SSSR count). The van der Waals surface area contributed by atoms with Gasteiger partial charge in [0.05, 0.1) is 12.8 Å². The highest BCUT2D eigenvalue weighted by Gasteiger charge is 2.17. The van der Waals surface area contributed by atoms with E-state index >= 15 is 0 Å². The van der Waals surface area contributed by atoms with Crippen molar-refractivity contribution >= 4 is 40.1 Å². The molecule has 2 aromatic carbocycles. The summed E-state index contributed by atoms with van der Waals surface area (Å²) in [7, 11) is 2.01. The zero-order chi connectivity index (χ0) is 18.6. The number of amides is 1. The Morgan fingerprint density at radius 2 is 1.85 bits per heavy atom. The van der Waals surface area contributed by atoms with Gasteiger partial charge >= 0.3 is 5.16 Å².